The molecular weight excluding hydrogens is 198 g/mol. The van der Waals surface area contributed by atoms with Crippen LogP contribution in [0.5, 0.6) is 0 Å². The minimum atomic E-state index is 0.686. The Bertz CT molecular complexity index is 371. The second-order valence-corrected chi connectivity index (χ2v) is 4.11. The van der Waals surface area contributed by atoms with Crippen LogP contribution in [-0.2, 0) is 6.42 Å². The predicted molar refractivity (Wildman–Crippen MR) is 69.0 cm³/mol. The Morgan fingerprint density at radius 3 is 2.88 bits per heavy atom. The Balaban J connectivity index is 2.10. The van der Waals surface area contributed by atoms with Crippen molar-refractivity contribution in [3.8, 4) is 0 Å². The summed E-state index contributed by atoms with van der Waals surface area (Å²) in [6.07, 6.45) is 4.44. The lowest BCUT2D eigenvalue weighted by Crippen LogP contribution is -2.17. The molecule has 0 unspecified atom stereocenters. The van der Waals surface area contributed by atoms with Gasteiger partial charge < -0.3 is 11.1 Å². The van der Waals surface area contributed by atoms with E-state index in [9.17, 15) is 0 Å². The third-order valence-corrected chi connectivity index (χ3v) is 2.83. The molecule has 1 aromatic carbocycles. The summed E-state index contributed by atoms with van der Waals surface area (Å²) in [6.45, 7) is 1.65. The Kier molecular flexibility index (Phi) is 3.94. The molecule has 2 rings (SSSR count). The summed E-state index contributed by atoms with van der Waals surface area (Å²) in [7, 11) is 0. The van der Waals surface area contributed by atoms with Crippen molar-refractivity contribution in [2.75, 3.05) is 18.4 Å². The van der Waals surface area contributed by atoms with Crippen LogP contribution in [0, 0.1) is 0 Å². The molecule has 0 amide bonds. The molecule has 0 spiro atoms. The van der Waals surface area contributed by atoms with E-state index < -0.39 is 0 Å². The maximum absolute atomic E-state index is 5.60. The fraction of sp³-hybridized carbons (Fsp3) is 0.462. The first-order valence-corrected chi connectivity index (χ1v) is 5.98. The number of nitrogens with zero attached hydrogens (tertiary/aromatic N) is 1. The summed E-state index contributed by atoms with van der Waals surface area (Å²) >= 11 is 0. The van der Waals surface area contributed by atoms with Crippen LogP contribution in [0.2, 0.25) is 0 Å². The number of aliphatic imine (C=N–C) groups is 1. The van der Waals surface area contributed by atoms with Gasteiger partial charge in [-0.3, -0.25) is 4.99 Å². The molecule has 0 saturated heterocycles. The summed E-state index contributed by atoms with van der Waals surface area (Å²) in [5.74, 6) is 1.12. The standard InChI is InChI=1S/C13H19N3/c14-9-8-11-5-1-2-6-12(11)16-13-7-3-4-10-15-13/h1-2,5-6H,3-4,7-10,14H2,(H,15,16). The average molecular weight is 217 g/mol. The van der Waals surface area contributed by atoms with Crippen molar-refractivity contribution >= 4 is 11.5 Å². The van der Waals surface area contributed by atoms with E-state index in [-0.39, 0.29) is 0 Å². The molecule has 0 aliphatic carbocycles. The van der Waals surface area contributed by atoms with Crippen molar-refractivity contribution in [1.82, 2.24) is 0 Å². The predicted octanol–water partition coefficient (Wildman–Crippen LogP) is 2.18. The van der Waals surface area contributed by atoms with Crippen LogP contribution >= 0.6 is 0 Å². The van der Waals surface area contributed by atoms with Crippen LogP contribution in [0.3, 0.4) is 0 Å². The van der Waals surface area contributed by atoms with Crippen LogP contribution in [0.25, 0.3) is 0 Å². The molecule has 0 aromatic heterocycles. The number of hydrogen-bond acceptors (Lipinski definition) is 3. The number of anilines is 1. The number of benzene rings is 1. The van der Waals surface area contributed by atoms with Crippen LogP contribution in [0.4, 0.5) is 5.69 Å². The topological polar surface area (TPSA) is 50.4 Å². The number of nitrogens with two attached hydrogens (primary N) is 1. The summed E-state index contributed by atoms with van der Waals surface area (Å²) in [5.41, 5.74) is 8.04. The Hall–Kier alpha value is -1.35. The van der Waals surface area contributed by atoms with Gasteiger partial charge in [0.05, 0.1) is 0 Å². The van der Waals surface area contributed by atoms with Crippen molar-refractivity contribution in [2.24, 2.45) is 10.7 Å². The highest BCUT2D eigenvalue weighted by atomic mass is 15.0. The van der Waals surface area contributed by atoms with Gasteiger partial charge >= 0.3 is 0 Å². The minimum absolute atomic E-state index is 0.686. The highest BCUT2D eigenvalue weighted by molar-refractivity contribution is 5.96. The maximum atomic E-state index is 5.60. The van der Waals surface area contributed by atoms with E-state index in [1.54, 1.807) is 0 Å². The molecule has 3 N–H and O–H groups in total. The summed E-state index contributed by atoms with van der Waals surface area (Å²) < 4.78 is 0. The molecule has 86 valence electrons. The van der Waals surface area contributed by atoms with Gasteiger partial charge in [0, 0.05) is 18.7 Å². The normalized spacial score (nSPS) is 15.7. The van der Waals surface area contributed by atoms with Gasteiger partial charge in [-0.25, -0.2) is 0 Å². The Morgan fingerprint density at radius 1 is 1.25 bits per heavy atom. The molecule has 16 heavy (non-hydrogen) atoms. The van der Waals surface area contributed by atoms with Gasteiger partial charge in [0.25, 0.3) is 0 Å². The molecule has 1 aromatic rings. The average Bonchev–Trinajstić information content (AvgIpc) is 2.33. The monoisotopic (exact) mass is 217 g/mol. The van der Waals surface area contributed by atoms with Crippen LogP contribution in [0.15, 0.2) is 29.3 Å². The van der Waals surface area contributed by atoms with E-state index in [1.807, 2.05) is 6.07 Å². The molecule has 1 aliphatic rings. The van der Waals surface area contributed by atoms with Crippen molar-refractivity contribution < 1.29 is 0 Å². The fourth-order valence-electron chi connectivity index (χ4n) is 1.97. The summed E-state index contributed by atoms with van der Waals surface area (Å²) in [6, 6.07) is 8.32. The quantitative estimate of drug-likeness (QED) is 0.815. The van der Waals surface area contributed by atoms with Gasteiger partial charge in [-0.1, -0.05) is 18.2 Å². The highest BCUT2D eigenvalue weighted by Crippen LogP contribution is 2.17. The van der Waals surface area contributed by atoms with Crippen molar-refractivity contribution in [3.05, 3.63) is 29.8 Å². The van der Waals surface area contributed by atoms with Gasteiger partial charge in [0.15, 0.2) is 0 Å². The number of nitrogens with one attached hydrogen (secondary N) is 1. The number of amidine groups is 1. The van der Waals surface area contributed by atoms with Crippen LogP contribution in [-0.4, -0.2) is 18.9 Å². The zero-order chi connectivity index (χ0) is 11.2. The van der Waals surface area contributed by atoms with Gasteiger partial charge in [0.2, 0.25) is 0 Å². The van der Waals surface area contributed by atoms with Crippen LogP contribution in [0.1, 0.15) is 24.8 Å². The lowest BCUT2D eigenvalue weighted by Gasteiger charge is -2.16. The largest absolute Gasteiger partial charge is 0.344 e. The molecule has 1 heterocycles. The Labute approximate surface area is 96.8 Å². The molecule has 3 nitrogen and oxygen atoms in total. The lowest BCUT2D eigenvalue weighted by molar-refractivity contribution is 0.736. The molecule has 0 bridgehead atoms. The van der Waals surface area contributed by atoms with Gasteiger partial charge in [-0.2, -0.15) is 0 Å². The number of hydrogen-bond donors (Lipinski definition) is 2. The fourth-order valence-corrected chi connectivity index (χ4v) is 1.97. The third kappa shape index (κ3) is 2.83. The summed E-state index contributed by atoms with van der Waals surface area (Å²) in [4.78, 5) is 4.50. The van der Waals surface area contributed by atoms with E-state index in [0.29, 0.717) is 6.54 Å². The van der Waals surface area contributed by atoms with Crippen LogP contribution < -0.4 is 11.1 Å². The van der Waals surface area contributed by atoms with Crippen molar-refractivity contribution in [3.63, 3.8) is 0 Å². The smallest absolute Gasteiger partial charge is 0.101 e. The first kappa shape index (κ1) is 11.1. The molecule has 3 heteroatoms. The lowest BCUT2D eigenvalue weighted by atomic mass is 10.1. The molecule has 0 atom stereocenters. The van der Waals surface area contributed by atoms with Gasteiger partial charge in [-0.05, 0) is 37.4 Å². The first-order chi connectivity index (χ1) is 7.90. The maximum Gasteiger partial charge on any atom is 0.101 e. The second-order valence-electron chi connectivity index (χ2n) is 4.11. The van der Waals surface area contributed by atoms with E-state index in [0.717, 1.165) is 30.9 Å². The second kappa shape index (κ2) is 5.66. The zero-order valence-electron chi connectivity index (χ0n) is 9.58. The molecule has 0 saturated carbocycles. The molecular formula is C13H19N3. The number of rotatable bonds is 3. The van der Waals surface area contributed by atoms with Crippen molar-refractivity contribution in [1.29, 1.82) is 0 Å². The van der Waals surface area contributed by atoms with E-state index >= 15 is 0 Å². The minimum Gasteiger partial charge on any atom is -0.344 e. The third-order valence-electron chi connectivity index (χ3n) is 2.83. The SMILES string of the molecule is NCCc1ccccc1NC1=NCCCC1. The molecule has 0 radical (unpaired) electrons. The molecule has 0 fully saturated rings. The van der Waals surface area contributed by atoms with Crippen molar-refractivity contribution in [2.45, 2.75) is 25.7 Å². The van der Waals surface area contributed by atoms with Gasteiger partial charge in [-0.15, -0.1) is 0 Å². The number of para-hydroxylation sites is 1. The van der Waals surface area contributed by atoms with Gasteiger partial charge in [0.1, 0.15) is 5.84 Å². The highest BCUT2D eigenvalue weighted by Gasteiger charge is 2.07. The van der Waals surface area contributed by atoms with E-state index in [2.05, 4.69) is 28.5 Å². The van der Waals surface area contributed by atoms with E-state index in [1.165, 1.54) is 18.4 Å². The summed E-state index contributed by atoms with van der Waals surface area (Å²) in [5, 5.41) is 3.43. The Morgan fingerprint density at radius 2 is 2.12 bits per heavy atom. The van der Waals surface area contributed by atoms with E-state index in [4.69, 9.17) is 5.73 Å². The zero-order valence-corrected chi connectivity index (χ0v) is 9.58. The molecule has 1 aliphatic heterocycles. The first-order valence-electron chi connectivity index (χ1n) is 5.98.